The SMILES string of the molecule is O=C1Oc2ccc(Br)cc2[C@H]2c3sc(=O)[nH]c3S[C@@H]3[C@@H]4C[C@H]([C@@H]1[C@H]4C(=O)O)[C@H]23. The van der Waals surface area contributed by atoms with Gasteiger partial charge < -0.3 is 14.8 Å². The summed E-state index contributed by atoms with van der Waals surface area (Å²) in [6.45, 7) is 0. The fourth-order valence-corrected chi connectivity index (χ4v) is 9.23. The standard InChI is InChI=1S/C19H14BrNO5S2/c20-5-1-2-9-6(3-5)10-11-7-4-8(12(17(22)23)13(7)18(24)26-9)14(11)27-16-15(10)28-19(25)21-16/h1-3,7-8,10-14H,4H2,(H,21,25)(H,22,23)/t7-,8+,10+,11+,12-,13+,14+/m0/s1. The number of nitrogens with one attached hydrogen (secondary N) is 1. The van der Waals surface area contributed by atoms with Gasteiger partial charge in [0.05, 0.1) is 16.9 Å². The molecule has 0 amide bonds. The molecule has 6 rings (SSSR count). The Kier molecular flexibility index (Phi) is 3.54. The van der Waals surface area contributed by atoms with E-state index >= 15 is 0 Å². The monoisotopic (exact) mass is 479 g/mol. The molecule has 2 bridgehead atoms. The number of esters is 1. The molecule has 28 heavy (non-hydrogen) atoms. The third-order valence-corrected chi connectivity index (χ3v) is 9.87. The lowest BCUT2D eigenvalue weighted by atomic mass is 9.66. The van der Waals surface area contributed by atoms with Gasteiger partial charge in [-0.05, 0) is 42.4 Å². The molecule has 2 aliphatic carbocycles. The molecule has 0 saturated heterocycles. The highest BCUT2D eigenvalue weighted by Gasteiger charge is 2.67. The molecule has 1 aromatic heterocycles. The first kappa shape index (κ1) is 17.3. The van der Waals surface area contributed by atoms with E-state index in [9.17, 15) is 19.5 Å². The lowest BCUT2D eigenvalue weighted by Gasteiger charge is -2.45. The Labute approximate surface area is 175 Å². The van der Waals surface area contributed by atoms with Crippen molar-refractivity contribution in [2.45, 2.75) is 22.6 Å². The second kappa shape index (κ2) is 5.73. The number of rotatable bonds is 1. The number of carboxylic acid groups (broad SMARTS) is 1. The zero-order valence-electron chi connectivity index (χ0n) is 14.3. The molecule has 0 unspecified atom stereocenters. The summed E-state index contributed by atoms with van der Waals surface area (Å²) in [5, 5.41) is 10.8. The lowest BCUT2D eigenvalue weighted by Crippen LogP contribution is -2.49. The lowest BCUT2D eigenvalue weighted by molar-refractivity contribution is -0.156. The Morgan fingerprint density at radius 1 is 1.29 bits per heavy atom. The fraction of sp³-hybridized carbons (Fsp3) is 0.421. The summed E-state index contributed by atoms with van der Waals surface area (Å²) in [5.41, 5.74) is 0.896. The first-order valence-corrected chi connectivity index (χ1v) is 11.6. The Hall–Kier alpha value is -1.58. The molecule has 4 aliphatic rings. The number of aromatic amines is 1. The molecule has 2 saturated carbocycles. The number of carbonyl (C=O) groups excluding carboxylic acids is 1. The minimum Gasteiger partial charge on any atom is -0.481 e. The molecule has 7 atom stereocenters. The molecule has 0 radical (unpaired) electrons. The van der Waals surface area contributed by atoms with Crippen LogP contribution in [0.1, 0.15) is 22.8 Å². The van der Waals surface area contributed by atoms with Gasteiger partial charge in [0.1, 0.15) is 5.75 Å². The van der Waals surface area contributed by atoms with Gasteiger partial charge in [0, 0.05) is 26.1 Å². The van der Waals surface area contributed by atoms with Crippen LogP contribution in [0, 0.1) is 29.6 Å². The second-order valence-electron chi connectivity index (χ2n) is 7.90. The highest BCUT2D eigenvalue weighted by molar-refractivity contribution is 9.10. The third-order valence-electron chi connectivity index (χ3n) is 6.79. The summed E-state index contributed by atoms with van der Waals surface area (Å²) in [4.78, 5) is 41.0. The molecule has 2 N–H and O–H groups in total. The van der Waals surface area contributed by atoms with Crippen LogP contribution in [-0.2, 0) is 9.59 Å². The molecule has 1 aromatic carbocycles. The van der Waals surface area contributed by atoms with Gasteiger partial charge >= 0.3 is 16.8 Å². The van der Waals surface area contributed by atoms with Crippen LogP contribution in [-0.4, -0.2) is 27.3 Å². The zero-order chi connectivity index (χ0) is 19.3. The molecule has 3 heterocycles. The number of ether oxygens (including phenoxy) is 1. The molecule has 9 heteroatoms. The van der Waals surface area contributed by atoms with Crippen molar-refractivity contribution in [3.05, 3.63) is 42.8 Å². The van der Waals surface area contributed by atoms with Gasteiger partial charge in [-0.15, -0.1) is 11.8 Å². The number of hydrogen-bond donors (Lipinski definition) is 2. The number of halogens is 1. The number of thiazole rings is 1. The van der Waals surface area contributed by atoms with Crippen molar-refractivity contribution in [2.24, 2.45) is 29.6 Å². The van der Waals surface area contributed by atoms with Crippen molar-refractivity contribution >= 4 is 51.0 Å². The van der Waals surface area contributed by atoms with Crippen molar-refractivity contribution in [3.63, 3.8) is 0 Å². The Morgan fingerprint density at radius 3 is 2.89 bits per heavy atom. The van der Waals surface area contributed by atoms with Gasteiger partial charge in [-0.25, -0.2) is 0 Å². The van der Waals surface area contributed by atoms with Crippen molar-refractivity contribution in [1.29, 1.82) is 0 Å². The summed E-state index contributed by atoms with van der Waals surface area (Å²) >= 11 is 6.33. The first-order valence-electron chi connectivity index (χ1n) is 9.07. The van der Waals surface area contributed by atoms with E-state index in [1.54, 1.807) is 17.8 Å². The molecule has 2 aromatic rings. The maximum atomic E-state index is 13.0. The third kappa shape index (κ3) is 2.12. The van der Waals surface area contributed by atoms with Crippen LogP contribution in [0.4, 0.5) is 0 Å². The molecule has 144 valence electrons. The summed E-state index contributed by atoms with van der Waals surface area (Å²) in [7, 11) is 0. The Morgan fingerprint density at radius 2 is 2.11 bits per heavy atom. The first-order chi connectivity index (χ1) is 13.4. The van der Waals surface area contributed by atoms with Crippen LogP contribution >= 0.6 is 39.0 Å². The highest BCUT2D eigenvalue weighted by Crippen LogP contribution is 2.68. The zero-order valence-corrected chi connectivity index (χ0v) is 17.5. The normalized spacial score (nSPS) is 36.9. The van der Waals surface area contributed by atoms with E-state index in [0.717, 1.165) is 26.4 Å². The number of thioether (sulfide) groups is 1. The van der Waals surface area contributed by atoms with Gasteiger partial charge in [0.25, 0.3) is 0 Å². The van der Waals surface area contributed by atoms with E-state index in [1.165, 1.54) is 11.3 Å². The van der Waals surface area contributed by atoms with E-state index in [-0.39, 0.29) is 33.8 Å². The summed E-state index contributed by atoms with van der Waals surface area (Å²) in [6, 6.07) is 5.54. The number of hydrogen-bond acceptors (Lipinski definition) is 6. The van der Waals surface area contributed by atoms with E-state index in [1.807, 2.05) is 12.1 Å². The molecular weight excluding hydrogens is 466 g/mol. The predicted octanol–water partition coefficient (Wildman–Crippen LogP) is 3.31. The quantitative estimate of drug-likeness (QED) is 0.481. The largest absolute Gasteiger partial charge is 0.481 e. The maximum Gasteiger partial charge on any atom is 0.315 e. The van der Waals surface area contributed by atoms with E-state index in [4.69, 9.17) is 4.74 Å². The van der Waals surface area contributed by atoms with Crippen LogP contribution in [0.25, 0.3) is 0 Å². The maximum absolute atomic E-state index is 13.0. The highest BCUT2D eigenvalue weighted by atomic mass is 79.9. The number of fused-ring (bicyclic) bond motifs is 6. The van der Waals surface area contributed by atoms with Gasteiger partial charge in [0.15, 0.2) is 0 Å². The van der Waals surface area contributed by atoms with Crippen molar-refractivity contribution in [3.8, 4) is 5.75 Å². The van der Waals surface area contributed by atoms with Crippen molar-refractivity contribution < 1.29 is 19.4 Å². The van der Waals surface area contributed by atoms with Gasteiger partial charge in [-0.3, -0.25) is 14.4 Å². The number of H-pyrrole nitrogens is 1. The minimum atomic E-state index is -0.925. The van der Waals surface area contributed by atoms with Crippen LogP contribution < -0.4 is 9.61 Å². The van der Waals surface area contributed by atoms with E-state index in [2.05, 4.69) is 20.9 Å². The van der Waals surface area contributed by atoms with Crippen LogP contribution in [0.5, 0.6) is 5.75 Å². The van der Waals surface area contributed by atoms with E-state index in [0.29, 0.717) is 5.75 Å². The smallest absolute Gasteiger partial charge is 0.315 e. The number of benzene rings is 1. The van der Waals surface area contributed by atoms with Crippen LogP contribution in [0.15, 0.2) is 32.5 Å². The number of carboxylic acids is 1. The molecular formula is C19H14BrNO5S2. The number of carbonyl (C=O) groups is 2. The van der Waals surface area contributed by atoms with Gasteiger partial charge in [-0.2, -0.15) is 0 Å². The van der Waals surface area contributed by atoms with Crippen molar-refractivity contribution in [1.82, 2.24) is 4.98 Å². The molecule has 6 nitrogen and oxygen atoms in total. The number of aromatic nitrogens is 1. The minimum absolute atomic E-state index is 0.0430. The van der Waals surface area contributed by atoms with Crippen LogP contribution in [0.2, 0.25) is 0 Å². The predicted molar refractivity (Wildman–Crippen MR) is 106 cm³/mol. The van der Waals surface area contributed by atoms with E-state index < -0.39 is 23.8 Å². The van der Waals surface area contributed by atoms with Crippen molar-refractivity contribution in [2.75, 3.05) is 0 Å². The summed E-state index contributed by atoms with van der Waals surface area (Å²) in [5.74, 6) is -2.33. The molecule has 2 aliphatic heterocycles. The second-order valence-corrected chi connectivity index (χ2v) is 11.0. The topological polar surface area (TPSA) is 96.5 Å². The average molecular weight is 480 g/mol. The Bertz CT molecular complexity index is 1110. The fourth-order valence-electron chi connectivity index (χ4n) is 5.97. The number of aliphatic carboxylic acids is 1. The molecule has 2 fully saturated rings. The summed E-state index contributed by atoms with van der Waals surface area (Å²) < 4.78 is 6.63. The van der Waals surface area contributed by atoms with Gasteiger partial charge in [0.2, 0.25) is 0 Å². The van der Waals surface area contributed by atoms with Gasteiger partial charge in [-0.1, -0.05) is 27.3 Å². The average Bonchev–Trinajstić information content (AvgIpc) is 3.30. The van der Waals surface area contributed by atoms with Crippen LogP contribution in [0.3, 0.4) is 0 Å². The summed E-state index contributed by atoms with van der Waals surface area (Å²) in [6.07, 6.45) is 0.720. The molecule has 0 spiro atoms. The Balaban J connectivity index is 1.64.